The van der Waals surface area contributed by atoms with Crippen LogP contribution in [0.25, 0.3) is 0 Å². The zero-order valence-electron chi connectivity index (χ0n) is 14.9. The Morgan fingerprint density at radius 2 is 1.68 bits per heavy atom. The van der Waals surface area contributed by atoms with E-state index in [9.17, 15) is 0 Å². The van der Waals surface area contributed by atoms with Gasteiger partial charge < -0.3 is 14.0 Å². The van der Waals surface area contributed by atoms with Crippen LogP contribution in [0.4, 0.5) is 0 Å². The van der Waals surface area contributed by atoms with Gasteiger partial charge in [-0.2, -0.15) is 0 Å². The van der Waals surface area contributed by atoms with E-state index in [-0.39, 0.29) is 18.3 Å². The minimum absolute atomic E-state index is 0.282. The summed E-state index contributed by atoms with van der Waals surface area (Å²) in [6.07, 6.45) is 2.02. The summed E-state index contributed by atoms with van der Waals surface area (Å²) in [5, 5.41) is 0. The van der Waals surface area contributed by atoms with E-state index in [1.807, 2.05) is 0 Å². The lowest BCUT2D eigenvalue weighted by atomic mass is 9.75. The summed E-state index contributed by atoms with van der Waals surface area (Å²) in [5.41, 5.74) is 3.05. The number of hydrogen-bond donors (Lipinski definition) is 0. The quantitative estimate of drug-likeness (QED) is 0.596. The first-order chi connectivity index (χ1) is 10.3. The van der Waals surface area contributed by atoms with Crippen LogP contribution in [0.5, 0.6) is 0 Å². The second-order valence-electron chi connectivity index (χ2n) is 7.14. The van der Waals surface area contributed by atoms with Crippen LogP contribution in [-0.4, -0.2) is 31.5 Å². The highest BCUT2D eigenvalue weighted by atomic mass is 16.7. The van der Waals surface area contributed by atoms with Gasteiger partial charge in [-0.25, -0.2) is 0 Å². The van der Waals surface area contributed by atoms with Gasteiger partial charge in [-0.15, -0.1) is 0 Å². The zero-order valence-corrected chi connectivity index (χ0v) is 14.9. The summed E-state index contributed by atoms with van der Waals surface area (Å²) in [5.74, 6) is 0. The van der Waals surface area contributed by atoms with Gasteiger partial charge in [0.15, 0.2) is 0 Å². The maximum absolute atomic E-state index is 6.14. The normalized spacial score (nSPS) is 19.6. The van der Waals surface area contributed by atoms with Crippen LogP contribution in [-0.2, 0) is 20.5 Å². The lowest BCUT2D eigenvalue weighted by Crippen LogP contribution is -2.41. The first-order valence-electron chi connectivity index (χ1n) is 8.29. The molecular weight excluding hydrogens is 275 g/mol. The zero-order chi connectivity index (χ0) is 16.4. The van der Waals surface area contributed by atoms with Crippen molar-refractivity contribution in [1.29, 1.82) is 0 Å². The number of ether oxygens (including phenoxy) is 1. The third-order valence-corrected chi connectivity index (χ3v) is 4.72. The summed E-state index contributed by atoms with van der Waals surface area (Å²) in [6.45, 7) is 14.2. The molecule has 4 heteroatoms. The molecule has 0 radical (unpaired) electrons. The van der Waals surface area contributed by atoms with Crippen molar-refractivity contribution < 1.29 is 14.0 Å². The van der Waals surface area contributed by atoms with Gasteiger partial charge in [0, 0.05) is 6.61 Å². The fourth-order valence-corrected chi connectivity index (χ4v) is 2.56. The fraction of sp³-hybridized carbons (Fsp3) is 0.667. The molecule has 1 aromatic carbocycles. The van der Waals surface area contributed by atoms with Crippen molar-refractivity contribution in [2.75, 3.05) is 13.2 Å². The molecule has 122 valence electrons. The molecule has 0 amide bonds. The smallest absolute Gasteiger partial charge is 0.399 e. The second kappa shape index (κ2) is 6.73. The summed E-state index contributed by atoms with van der Waals surface area (Å²) in [4.78, 5) is 0. The Balaban J connectivity index is 2.05. The molecule has 0 bridgehead atoms. The predicted molar refractivity (Wildman–Crippen MR) is 91.7 cm³/mol. The minimum Gasteiger partial charge on any atom is -0.399 e. The summed E-state index contributed by atoms with van der Waals surface area (Å²) >= 11 is 0. The monoisotopic (exact) mass is 304 g/mol. The van der Waals surface area contributed by atoms with Crippen molar-refractivity contribution in [2.24, 2.45) is 0 Å². The molecule has 0 N–H and O–H groups in total. The van der Waals surface area contributed by atoms with Gasteiger partial charge in [-0.05, 0) is 58.5 Å². The van der Waals surface area contributed by atoms with Crippen LogP contribution in [0.3, 0.4) is 0 Å². The summed E-state index contributed by atoms with van der Waals surface area (Å²) in [6, 6.07) is 6.50. The molecular formula is C18H29BO3. The van der Waals surface area contributed by atoms with Crippen molar-refractivity contribution in [2.45, 2.75) is 65.6 Å². The molecule has 2 rings (SSSR count). The van der Waals surface area contributed by atoms with Crippen LogP contribution in [0, 0.1) is 6.92 Å². The van der Waals surface area contributed by atoms with Crippen molar-refractivity contribution in [1.82, 2.24) is 0 Å². The molecule has 1 heterocycles. The molecule has 1 aliphatic heterocycles. The van der Waals surface area contributed by atoms with E-state index in [0.717, 1.165) is 31.5 Å². The number of hydrogen-bond acceptors (Lipinski definition) is 3. The molecule has 3 nitrogen and oxygen atoms in total. The molecule has 0 unspecified atom stereocenters. The van der Waals surface area contributed by atoms with Crippen molar-refractivity contribution in [3.63, 3.8) is 0 Å². The highest BCUT2D eigenvalue weighted by molar-refractivity contribution is 6.62. The third kappa shape index (κ3) is 3.73. The minimum atomic E-state index is -0.295. The number of aryl methyl sites for hydroxylation is 1. The van der Waals surface area contributed by atoms with Gasteiger partial charge in [0.05, 0.1) is 17.8 Å². The topological polar surface area (TPSA) is 27.7 Å². The molecule has 1 aliphatic rings. The van der Waals surface area contributed by atoms with E-state index in [0.29, 0.717) is 0 Å². The molecule has 1 aromatic rings. The Hall–Kier alpha value is -0.835. The van der Waals surface area contributed by atoms with Crippen molar-refractivity contribution in [3.8, 4) is 0 Å². The Morgan fingerprint density at radius 3 is 2.23 bits per heavy atom. The lowest BCUT2D eigenvalue weighted by molar-refractivity contribution is 0.00578. The van der Waals surface area contributed by atoms with Gasteiger partial charge >= 0.3 is 7.12 Å². The summed E-state index contributed by atoms with van der Waals surface area (Å²) in [7, 11) is -0.282. The standard InChI is InChI=1S/C18H29BO3/c1-7-11-20-12-10-15-8-9-16(14(2)13-15)19-21-17(3,4)18(5,6)22-19/h8-9,13H,7,10-12H2,1-6H3. The van der Waals surface area contributed by atoms with E-state index >= 15 is 0 Å². The summed E-state index contributed by atoms with van der Waals surface area (Å²) < 4.78 is 17.8. The van der Waals surface area contributed by atoms with Crippen LogP contribution in [0.1, 0.15) is 52.2 Å². The van der Waals surface area contributed by atoms with Crippen molar-refractivity contribution in [3.05, 3.63) is 29.3 Å². The third-order valence-electron chi connectivity index (χ3n) is 4.72. The van der Waals surface area contributed by atoms with Crippen LogP contribution < -0.4 is 5.46 Å². The average molecular weight is 304 g/mol. The Bertz CT molecular complexity index is 495. The van der Waals surface area contributed by atoms with E-state index in [1.54, 1.807) is 0 Å². The van der Waals surface area contributed by atoms with Gasteiger partial charge in [0.25, 0.3) is 0 Å². The maximum atomic E-state index is 6.14. The van der Waals surface area contributed by atoms with Crippen molar-refractivity contribution >= 4 is 12.6 Å². The Kier molecular flexibility index (Phi) is 5.36. The molecule has 0 atom stereocenters. The van der Waals surface area contributed by atoms with Gasteiger partial charge in [-0.1, -0.05) is 30.7 Å². The fourth-order valence-electron chi connectivity index (χ4n) is 2.56. The second-order valence-corrected chi connectivity index (χ2v) is 7.14. The van der Waals surface area contributed by atoms with Crippen LogP contribution in [0.2, 0.25) is 0 Å². The molecule has 0 spiro atoms. The average Bonchev–Trinajstić information content (AvgIpc) is 2.63. The Morgan fingerprint density at radius 1 is 1.05 bits per heavy atom. The van der Waals surface area contributed by atoms with Crippen LogP contribution in [0.15, 0.2) is 18.2 Å². The first kappa shape index (κ1) is 17.5. The molecule has 1 saturated heterocycles. The highest BCUT2D eigenvalue weighted by Crippen LogP contribution is 2.36. The first-order valence-corrected chi connectivity index (χ1v) is 8.29. The van der Waals surface area contributed by atoms with Gasteiger partial charge in [0.2, 0.25) is 0 Å². The molecule has 0 aromatic heterocycles. The van der Waals surface area contributed by atoms with Gasteiger partial charge in [-0.3, -0.25) is 0 Å². The molecule has 1 fully saturated rings. The van der Waals surface area contributed by atoms with E-state index in [4.69, 9.17) is 14.0 Å². The van der Waals surface area contributed by atoms with E-state index in [1.165, 1.54) is 11.1 Å². The van der Waals surface area contributed by atoms with Gasteiger partial charge in [0.1, 0.15) is 0 Å². The predicted octanol–water partition coefficient (Wildman–Crippen LogP) is 3.26. The largest absolute Gasteiger partial charge is 0.495 e. The SMILES string of the molecule is CCCOCCc1ccc(B2OC(C)(C)C(C)(C)O2)c(C)c1. The van der Waals surface area contributed by atoms with E-state index in [2.05, 4.69) is 59.7 Å². The number of rotatable bonds is 6. The van der Waals surface area contributed by atoms with Crippen LogP contribution >= 0.6 is 0 Å². The molecule has 0 aliphatic carbocycles. The number of benzene rings is 1. The van der Waals surface area contributed by atoms with E-state index < -0.39 is 0 Å². The molecule has 0 saturated carbocycles. The molecule has 22 heavy (non-hydrogen) atoms. The maximum Gasteiger partial charge on any atom is 0.495 e. The Labute approximate surface area is 135 Å². The lowest BCUT2D eigenvalue weighted by Gasteiger charge is -2.32. The highest BCUT2D eigenvalue weighted by Gasteiger charge is 2.51.